The molecule has 0 fully saturated rings. The van der Waals surface area contributed by atoms with Gasteiger partial charge in [-0.05, 0) is 24.5 Å². The minimum atomic E-state index is -0.678. The van der Waals surface area contributed by atoms with Gasteiger partial charge in [-0.1, -0.05) is 60.2 Å². The molecule has 1 heterocycles. The highest BCUT2D eigenvalue weighted by atomic mass is 16.2. The van der Waals surface area contributed by atoms with Gasteiger partial charge in [0.1, 0.15) is 5.82 Å². The molecule has 1 amide bonds. The molecule has 2 aromatic carbocycles. The molecule has 0 saturated carbocycles. The van der Waals surface area contributed by atoms with Gasteiger partial charge in [0, 0.05) is 13.5 Å². The fourth-order valence-electron chi connectivity index (χ4n) is 3.24. The summed E-state index contributed by atoms with van der Waals surface area (Å²) in [6.07, 6.45) is 0.767. The first-order valence-electron chi connectivity index (χ1n) is 9.35. The molecule has 3 rings (SSSR count). The third-order valence-electron chi connectivity index (χ3n) is 4.82. The molecule has 0 atom stereocenters. The van der Waals surface area contributed by atoms with Crippen LogP contribution < -0.4 is 21.9 Å². The molecule has 0 aliphatic heterocycles. The lowest BCUT2D eigenvalue weighted by Gasteiger charge is -2.20. The molecule has 7 heteroatoms. The normalized spacial score (nSPS) is 10.7. The van der Waals surface area contributed by atoms with Crippen LogP contribution in [-0.4, -0.2) is 22.5 Å². The fourth-order valence-corrected chi connectivity index (χ4v) is 3.24. The van der Waals surface area contributed by atoms with E-state index < -0.39 is 11.2 Å². The Labute approximate surface area is 168 Å². The van der Waals surface area contributed by atoms with E-state index in [1.165, 1.54) is 16.5 Å². The predicted octanol–water partition coefficient (Wildman–Crippen LogP) is 2.07. The zero-order valence-corrected chi connectivity index (χ0v) is 16.5. The zero-order chi connectivity index (χ0) is 21.0. The molecule has 0 saturated heterocycles. The Morgan fingerprint density at radius 1 is 1.07 bits per heavy atom. The van der Waals surface area contributed by atoms with E-state index in [9.17, 15) is 14.4 Å². The molecule has 0 spiro atoms. The number of carbonyl (C=O) groups excluding carboxylic acids is 1. The van der Waals surface area contributed by atoms with Crippen molar-refractivity contribution in [1.29, 1.82) is 0 Å². The lowest BCUT2D eigenvalue weighted by atomic mass is 10.1. The first kappa shape index (κ1) is 20.1. The summed E-state index contributed by atoms with van der Waals surface area (Å²) in [5, 5.41) is 0. The van der Waals surface area contributed by atoms with Crippen molar-refractivity contribution in [2.75, 3.05) is 17.7 Å². The number of nitrogen functional groups attached to an aromatic ring is 1. The van der Waals surface area contributed by atoms with Gasteiger partial charge in [0.2, 0.25) is 5.91 Å². The molecule has 0 radical (unpaired) electrons. The number of anilines is 2. The number of benzene rings is 2. The number of H-pyrrole nitrogens is 1. The SMILES string of the molecule is Cc1cccc(CCC(=O)N(C)c2c(N)n(Cc3ccccc3)c(=O)[nH]c2=O)c1. The Bertz CT molecular complexity index is 1130. The van der Waals surface area contributed by atoms with E-state index in [1.54, 1.807) is 0 Å². The maximum Gasteiger partial charge on any atom is 0.330 e. The van der Waals surface area contributed by atoms with Gasteiger partial charge >= 0.3 is 5.69 Å². The van der Waals surface area contributed by atoms with Crippen molar-refractivity contribution in [2.24, 2.45) is 0 Å². The van der Waals surface area contributed by atoms with Crippen molar-refractivity contribution in [1.82, 2.24) is 9.55 Å². The Hall–Kier alpha value is -3.61. The van der Waals surface area contributed by atoms with Gasteiger partial charge in [-0.25, -0.2) is 4.79 Å². The van der Waals surface area contributed by atoms with E-state index in [0.717, 1.165) is 16.7 Å². The number of carbonyl (C=O) groups is 1. The average molecular weight is 392 g/mol. The highest BCUT2D eigenvalue weighted by Gasteiger charge is 2.21. The molecule has 0 unspecified atom stereocenters. The van der Waals surface area contributed by atoms with Gasteiger partial charge in [0.05, 0.1) is 6.54 Å². The van der Waals surface area contributed by atoms with E-state index in [-0.39, 0.29) is 30.4 Å². The summed E-state index contributed by atoms with van der Waals surface area (Å²) >= 11 is 0. The zero-order valence-electron chi connectivity index (χ0n) is 16.5. The van der Waals surface area contributed by atoms with Crippen LogP contribution in [0.25, 0.3) is 0 Å². The van der Waals surface area contributed by atoms with Crippen LogP contribution in [0.15, 0.2) is 64.2 Å². The van der Waals surface area contributed by atoms with E-state index in [0.29, 0.717) is 6.42 Å². The maximum atomic E-state index is 12.7. The molecule has 1 aromatic heterocycles. The summed E-state index contributed by atoms with van der Waals surface area (Å²) in [6.45, 7) is 2.19. The number of hydrogen-bond acceptors (Lipinski definition) is 4. The number of aryl methyl sites for hydroxylation is 2. The molecule has 3 aromatic rings. The number of aromatic amines is 1. The second-order valence-electron chi connectivity index (χ2n) is 7.01. The van der Waals surface area contributed by atoms with Crippen molar-refractivity contribution in [3.05, 3.63) is 92.1 Å². The predicted molar refractivity (Wildman–Crippen MR) is 114 cm³/mol. The van der Waals surface area contributed by atoms with Gasteiger partial charge in [-0.2, -0.15) is 0 Å². The Morgan fingerprint density at radius 3 is 2.45 bits per heavy atom. The minimum Gasteiger partial charge on any atom is -0.383 e. The molecule has 7 nitrogen and oxygen atoms in total. The smallest absolute Gasteiger partial charge is 0.330 e. The van der Waals surface area contributed by atoms with Crippen LogP contribution >= 0.6 is 0 Å². The maximum absolute atomic E-state index is 12.7. The van der Waals surface area contributed by atoms with Crippen LogP contribution in [0, 0.1) is 6.92 Å². The fraction of sp³-hybridized carbons (Fsp3) is 0.227. The van der Waals surface area contributed by atoms with E-state index in [2.05, 4.69) is 4.98 Å². The monoisotopic (exact) mass is 392 g/mol. The van der Waals surface area contributed by atoms with Crippen LogP contribution in [0.5, 0.6) is 0 Å². The van der Waals surface area contributed by atoms with Gasteiger partial charge < -0.3 is 10.6 Å². The van der Waals surface area contributed by atoms with Gasteiger partial charge in [0.15, 0.2) is 5.69 Å². The number of nitrogens with two attached hydrogens (primary N) is 1. The Balaban J connectivity index is 1.85. The molecular weight excluding hydrogens is 368 g/mol. The summed E-state index contributed by atoms with van der Waals surface area (Å²) in [7, 11) is 1.50. The van der Waals surface area contributed by atoms with Crippen LogP contribution in [-0.2, 0) is 17.8 Å². The van der Waals surface area contributed by atoms with E-state index in [1.807, 2.05) is 61.5 Å². The average Bonchev–Trinajstić information content (AvgIpc) is 2.70. The first-order valence-corrected chi connectivity index (χ1v) is 9.35. The topological polar surface area (TPSA) is 101 Å². The van der Waals surface area contributed by atoms with E-state index >= 15 is 0 Å². The second-order valence-corrected chi connectivity index (χ2v) is 7.01. The third-order valence-corrected chi connectivity index (χ3v) is 4.82. The number of nitrogens with one attached hydrogen (secondary N) is 1. The standard InChI is InChI=1S/C22H24N4O3/c1-15-7-6-10-16(13-15)11-12-18(27)25(2)19-20(23)26(22(29)24-21(19)28)14-17-8-4-3-5-9-17/h3-10,13H,11-12,14,23H2,1-2H3,(H,24,28,29). The summed E-state index contributed by atoms with van der Waals surface area (Å²) in [5.74, 6) is -0.289. The van der Waals surface area contributed by atoms with Crippen molar-refractivity contribution in [3.8, 4) is 0 Å². The van der Waals surface area contributed by atoms with Crippen LogP contribution in [0.1, 0.15) is 23.1 Å². The molecule has 0 aliphatic rings. The number of aromatic nitrogens is 2. The van der Waals surface area contributed by atoms with Crippen molar-refractivity contribution in [3.63, 3.8) is 0 Å². The summed E-state index contributed by atoms with van der Waals surface area (Å²) in [6, 6.07) is 17.2. The van der Waals surface area contributed by atoms with Crippen LogP contribution in [0.3, 0.4) is 0 Å². The summed E-state index contributed by atoms with van der Waals surface area (Å²) in [5.41, 5.74) is 7.86. The van der Waals surface area contributed by atoms with Crippen LogP contribution in [0.4, 0.5) is 11.5 Å². The number of hydrogen-bond donors (Lipinski definition) is 2. The first-order chi connectivity index (χ1) is 13.9. The second kappa shape index (κ2) is 8.60. The lowest BCUT2D eigenvalue weighted by molar-refractivity contribution is -0.118. The minimum absolute atomic E-state index is 0.0187. The summed E-state index contributed by atoms with van der Waals surface area (Å²) < 4.78 is 1.26. The molecule has 0 aliphatic carbocycles. The van der Waals surface area contributed by atoms with Crippen molar-refractivity contribution >= 4 is 17.4 Å². The van der Waals surface area contributed by atoms with Gasteiger partial charge in [-0.3, -0.25) is 19.1 Å². The van der Waals surface area contributed by atoms with Crippen molar-refractivity contribution in [2.45, 2.75) is 26.3 Å². The number of nitrogens with zero attached hydrogens (tertiary/aromatic N) is 2. The molecule has 0 bridgehead atoms. The number of rotatable bonds is 6. The molecule has 3 N–H and O–H groups in total. The largest absolute Gasteiger partial charge is 0.383 e. The highest BCUT2D eigenvalue weighted by Crippen LogP contribution is 2.18. The van der Waals surface area contributed by atoms with Crippen LogP contribution in [0.2, 0.25) is 0 Å². The van der Waals surface area contributed by atoms with Gasteiger partial charge in [0.25, 0.3) is 5.56 Å². The molecular formula is C22H24N4O3. The third kappa shape index (κ3) is 4.63. The summed E-state index contributed by atoms with van der Waals surface area (Å²) in [4.78, 5) is 40.8. The lowest BCUT2D eigenvalue weighted by Crippen LogP contribution is -2.39. The van der Waals surface area contributed by atoms with E-state index in [4.69, 9.17) is 5.73 Å². The Kier molecular flexibility index (Phi) is 5.97. The molecule has 29 heavy (non-hydrogen) atoms. The van der Waals surface area contributed by atoms with Gasteiger partial charge in [-0.15, -0.1) is 0 Å². The van der Waals surface area contributed by atoms with Crippen molar-refractivity contribution < 1.29 is 4.79 Å². The highest BCUT2D eigenvalue weighted by molar-refractivity contribution is 5.95. The number of amides is 1. The molecule has 150 valence electrons. The quantitative estimate of drug-likeness (QED) is 0.670. The Morgan fingerprint density at radius 2 is 1.76 bits per heavy atom.